The van der Waals surface area contributed by atoms with E-state index in [2.05, 4.69) is 42.2 Å². The van der Waals surface area contributed by atoms with Crippen LogP contribution in [0.3, 0.4) is 0 Å². The molecule has 33 heavy (non-hydrogen) atoms. The molecule has 0 aliphatic carbocycles. The highest BCUT2D eigenvalue weighted by Crippen LogP contribution is 2.26. The number of aromatic amines is 1. The SMILES string of the molecule is C=C(/C=C\C(=C)c1nccc(F)c(F)cc[nH]1)c1ccc(C(C)CCC(C)CC(=O)O)cc1. The molecule has 1 aromatic heterocycles. The number of carbonyl (C=O) groups is 1. The van der Waals surface area contributed by atoms with Gasteiger partial charge in [-0.2, -0.15) is 0 Å². The van der Waals surface area contributed by atoms with Crippen LogP contribution >= 0.6 is 0 Å². The van der Waals surface area contributed by atoms with Gasteiger partial charge < -0.3 is 10.1 Å². The van der Waals surface area contributed by atoms with Crippen LogP contribution in [-0.2, 0) is 4.79 Å². The zero-order chi connectivity index (χ0) is 24.4. The molecule has 0 bridgehead atoms. The van der Waals surface area contributed by atoms with Crippen molar-refractivity contribution >= 4 is 17.1 Å². The number of nitrogens with zero attached hydrogens (tertiary/aromatic N) is 1. The van der Waals surface area contributed by atoms with E-state index in [4.69, 9.17) is 5.11 Å². The minimum absolute atomic E-state index is 0.156. The number of H-pyrrole nitrogens is 1. The molecule has 2 atom stereocenters. The molecule has 0 amide bonds. The Labute approximate surface area is 193 Å². The van der Waals surface area contributed by atoms with Crippen LogP contribution in [-0.4, -0.2) is 21.0 Å². The number of hydrogen-bond acceptors (Lipinski definition) is 2. The van der Waals surface area contributed by atoms with Gasteiger partial charge in [-0.05, 0) is 53.5 Å². The van der Waals surface area contributed by atoms with Gasteiger partial charge in [-0.15, -0.1) is 0 Å². The topological polar surface area (TPSA) is 66.0 Å². The molecular formula is C27H30F2N2O2. The molecule has 0 saturated carbocycles. The van der Waals surface area contributed by atoms with E-state index >= 15 is 0 Å². The normalized spacial score (nSPS) is 12.7. The number of allylic oxidation sites excluding steroid dienone is 4. The number of carboxylic acid groups (broad SMARTS) is 1. The van der Waals surface area contributed by atoms with E-state index in [1.807, 2.05) is 19.1 Å². The van der Waals surface area contributed by atoms with Crippen molar-refractivity contribution < 1.29 is 18.7 Å². The zero-order valence-corrected chi connectivity index (χ0v) is 19.0. The number of hydrogen-bond donors (Lipinski definition) is 2. The highest BCUT2D eigenvalue weighted by Gasteiger charge is 2.11. The Hall–Kier alpha value is -3.54. The second-order valence-electron chi connectivity index (χ2n) is 8.15. The first-order valence-electron chi connectivity index (χ1n) is 10.8. The van der Waals surface area contributed by atoms with Crippen LogP contribution in [0.2, 0.25) is 0 Å². The molecule has 0 aliphatic heterocycles. The van der Waals surface area contributed by atoms with E-state index in [1.165, 1.54) is 18.0 Å². The quantitative estimate of drug-likeness (QED) is 0.378. The van der Waals surface area contributed by atoms with Gasteiger partial charge in [0.15, 0.2) is 11.6 Å². The van der Waals surface area contributed by atoms with E-state index in [0.29, 0.717) is 17.3 Å². The van der Waals surface area contributed by atoms with Crippen LogP contribution in [0.15, 0.2) is 74.1 Å². The molecule has 0 aliphatic rings. The van der Waals surface area contributed by atoms with Gasteiger partial charge >= 0.3 is 5.97 Å². The average molecular weight is 453 g/mol. The summed E-state index contributed by atoms with van der Waals surface area (Å²) in [5, 5.41) is 8.89. The second kappa shape index (κ2) is 12.5. The fourth-order valence-corrected chi connectivity index (χ4v) is 3.25. The van der Waals surface area contributed by atoms with Gasteiger partial charge in [0.1, 0.15) is 5.82 Å². The zero-order valence-electron chi connectivity index (χ0n) is 19.0. The Kier molecular flexibility index (Phi) is 9.73. The summed E-state index contributed by atoms with van der Waals surface area (Å²) in [6.07, 6.45) is 7.95. The Bertz CT molecular complexity index is 1040. The Morgan fingerprint density at radius 1 is 1.03 bits per heavy atom. The Balaban J connectivity index is 2.02. The van der Waals surface area contributed by atoms with Gasteiger partial charge in [-0.1, -0.05) is 63.4 Å². The first-order valence-corrected chi connectivity index (χ1v) is 10.8. The minimum atomic E-state index is -1.000. The number of halogens is 2. The van der Waals surface area contributed by atoms with E-state index in [0.717, 1.165) is 36.1 Å². The van der Waals surface area contributed by atoms with Crippen molar-refractivity contribution in [2.75, 3.05) is 0 Å². The molecule has 0 fully saturated rings. The van der Waals surface area contributed by atoms with E-state index in [9.17, 15) is 13.6 Å². The molecular weight excluding hydrogens is 422 g/mol. The lowest BCUT2D eigenvalue weighted by Gasteiger charge is -2.15. The number of aliphatic carboxylic acids is 1. The van der Waals surface area contributed by atoms with Crippen molar-refractivity contribution in [3.63, 3.8) is 0 Å². The smallest absolute Gasteiger partial charge is 0.303 e. The number of carboxylic acids is 1. The van der Waals surface area contributed by atoms with E-state index < -0.39 is 17.6 Å². The molecule has 4 nitrogen and oxygen atoms in total. The van der Waals surface area contributed by atoms with Crippen LogP contribution in [0.1, 0.15) is 56.0 Å². The summed E-state index contributed by atoms with van der Waals surface area (Å²) >= 11 is 0. The predicted molar refractivity (Wildman–Crippen MR) is 129 cm³/mol. The molecule has 2 aromatic rings. The highest BCUT2D eigenvalue weighted by molar-refractivity contribution is 5.77. The van der Waals surface area contributed by atoms with Crippen LogP contribution in [0, 0.1) is 17.6 Å². The van der Waals surface area contributed by atoms with E-state index in [-0.39, 0.29) is 12.3 Å². The van der Waals surface area contributed by atoms with Crippen molar-refractivity contribution in [2.45, 2.75) is 39.0 Å². The van der Waals surface area contributed by atoms with E-state index in [1.54, 1.807) is 12.2 Å². The van der Waals surface area contributed by atoms with Gasteiger partial charge in [-0.3, -0.25) is 4.79 Å². The second-order valence-corrected chi connectivity index (χ2v) is 8.15. The lowest BCUT2D eigenvalue weighted by Crippen LogP contribution is -2.05. The summed E-state index contributed by atoms with van der Waals surface area (Å²) in [6.45, 7) is 12.1. The summed E-state index contributed by atoms with van der Waals surface area (Å²) in [7, 11) is 0. The fourth-order valence-electron chi connectivity index (χ4n) is 3.25. The Morgan fingerprint density at radius 2 is 1.67 bits per heavy atom. The van der Waals surface area contributed by atoms with Gasteiger partial charge in [0.25, 0.3) is 0 Å². The highest BCUT2D eigenvalue weighted by atomic mass is 19.2. The van der Waals surface area contributed by atoms with Gasteiger partial charge in [-0.25, -0.2) is 13.8 Å². The van der Waals surface area contributed by atoms with Crippen molar-refractivity contribution in [1.29, 1.82) is 0 Å². The molecule has 1 aromatic carbocycles. The average Bonchev–Trinajstić information content (AvgIpc) is 2.86. The van der Waals surface area contributed by atoms with Crippen LogP contribution < -0.4 is 0 Å². The van der Waals surface area contributed by atoms with Crippen LogP contribution in [0.5, 0.6) is 0 Å². The molecule has 1 heterocycles. The molecule has 2 rings (SSSR count). The van der Waals surface area contributed by atoms with Gasteiger partial charge in [0, 0.05) is 24.4 Å². The monoisotopic (exact) mass is 452 g/mol. The van der Waals surface area contributed by atoms with Crippen molar-refractivity contribution in [3.05, 3.63) is 103 Å². The largest absolute Gasteiger partial charge is 0.481 e. The molecule has 0 spiro atoms. The number of aromatic nitrogens is 2. The first-order chi connectivity index (χ1) is 15.7. The minimum Gasteiger partial charge on any atom is -0.481 e. The first kappa shape index (κ1) is 25.7. The van der Waals surface area contributed by atoms with Crippen molar-refractivity contribution in [1.82, 2.24) is 9.97 Å². The maximum absolute atomic E-state index is 13.4. The predicted octanol–water partition coefficient (Wildman–Crippen LogP) is 7.09. The number of nitrogens with one attached hydrogen (secondary N) is 1. The lowest BCUT2D eigenvalue weighted by molar-refractivity contribution is -0.138. The third-order valence-corrected chi connectivity index (χ3v) is 5.36. The molecule has 6 heteroatoms. The van der Waals surface area contributed by atoms with Gasteiger partial charge in [0.05, 0.1) is 0 Å². The summed E-state index contributed by atoms with van der Waals surface area (Å²) in [4.78, 5) is 17.7. The van der Waals surface area contributed by atoms with Gasteiger partial charge in [0.2, 0.25) is 0 Å². The summed E-state index contributed by atoms with van der Waals surface area (Å²) in [5.74, 6) is -1.90. The summed E-state index contributed by atoms with van der Waals surface area (Å²) in [6, 6.07) is 10.0. The maximum atomic E-state index is 13.4. The molecule has 0 radical (unpaired) electrons. The van der Waals surface area contributed by atoms with Crippen LogP contribution in [0.4, 0.5) is 8.78 Å². The maximum Gasteiger partial charge on any atom is 0.303 e. The third kappa shape index (κ3) is 8.48. The Morgan fingerprint density at radius 3 is 2.33 bits per heavy atom. The standard InChI is InChI=1S/C27H30F2N2O2/c1-18(17-26(32)33)5-6-19(2)22-9-11-23(12-10-22)20(3)7-8-21(4)27-30-15-13-24(28)25(29)14-16-31-27/h7-16,18-19H,3-6,17H2,1-2H3,(H,30,31)(H,32,33)/b8-7-,15-13?,16-14?,25-24?. The summed E-state index contributed by atoms with van der Waals surface area (Å²) < 4.78 is 26.7. The molecule has 2 unspecified atom stereocenters. The third-order valence-electron chi connectivity index (χ3n) is 5.36. The summed E-state index contributed by atoms with van der Waals surface area (Å²) in [5.41, 5.74) is 3.44. The molecule has 2 N–H and O–H groups in total. The molecule has 174 valence electrons. The number of rotatable bonds is 10. The van der Waals surface area contributed by atoms with Crippen LogP contribution in [0.25, 0.3) is 11.1 Å². The van der Waals surface area contributed by atoms with Crippen molar-refractivity contribution in [3.8, 4) is 0 Å². The fraction of sp³-hybridized carbons (Fsp3) is 0.259. The molecule has 0 saturated heterocycles. The van der Waals surface area contributed by atoms with Crippen molar-refractivity contribution in [2.24, 2.45) is 5.92 Å². The number of benzene rings is 1. The lowest BCUT2D eigenvalue weighted by atomic mass is 9.90.